The summed E-state index contributed by atoms with van der Waals surface area (Å²) in [4.78, 5) is 0. The topological polar surface area (TPSA) is 0 Å². The molecule has 2 heteroatoms. The van der Waals surface area contributed by atoms with E-state index in [0.717, 1.165) is 0 Å². The van der Waals surface area contributed by atoms with E-state index in [1.165, 1.54) is 52.2 Å². The van der Waals surface area contributed by atoms with Crippen LogP contribution in [0.25, 0.3) is 0 Å². The van der Waals surface area contributed by atoms with Gasteiger partial charge in [-0.1, -0.05) is 62.5 Å². The SMILES string of the molecule is Brc1cccc(CCCCCc2cccc(Br)c2)c1. The van der Waals surface area contributed by atoms with Crippen LogP contribution in [0.4, 0.5) is 0 Å². The van der Waals surface area contributed by atoms with Gasteiger partial charge in [0.15, 0.2) is 0 Å². The average Bonchev–Trinajstić information content (AvgIpc) is 2.38. The van der Waals surface area contributed by atoms with Crippen molar-refractivity contribution >= 4 is 31.9 Å². The average molecular weight is 382 g/mol. The predicted molar refractivity (Wildman–Crippen MR) is 89.5 cm³/mol. The zero-order valence-corrected chi connectivity index (χ0v) is 14.1. The van der Waals surface area contributed by atoms with Gasteiger partial charge in [0, 0.05) is 8.95 Å². The molecule has 0 unspecified atom stereocenters. The van der Waals surface area contributed by atoms with Crippen molar-refractivity contribution in [3.63, 3.8) is 0 Å². The number of hydrogen-bond donors (Lipinski definition) is 0. The van der Waals surface area contributed by atoms with Crippen LogP contribution in [0.2, 0.25) is 0 Å². The maximum absolute atomic E-state index is 3.52. The molecular weight excluding hydrogens is 364 g/mol. The zero-order valence-electron chi connectivity index (χ0n) is 10.9. The van der Waals surface area contributed by atoms with E-state index < -0.39 is 0 Å². The minimum absolute atomic E-state index is 1.18. The first-order chi connectivity index (χ1) is 9.24. The molecule has 0 bridgehead atoms. The zero-order chi connectivity index (χ0) is 13.5. The van der Waals surface area contributed by atoms with Gasteiger partial charge in [-0.25, -0.2) is 0 Å². The highest BCUT2D eigenvalue weighted by Gasteiger charge is 1.97. The Labute approximate surface area is 132 Å². The van der Waals surface area contributed by atoms with Crippen LogP contribution < -0.4 is 0 Å². The lowest BCUT2D eigenvalue weighted by Gasteiger charge is -2.04. The Bertz CT molecular complexity index is 473. The van der Waals surface area contributed by atoms with Crippen molar-refractivity contribution in [3.8, 4) is 0 Å². The van der Waals surface area contributed by atoms with Crippen LogP contribution in [0.15, 0.2) is 57.5 Å². The molecule has 0 aliphatic carbocycles. The monoisotopic (exact) mass is 380 g/mol. The largest absolute Gasteiger partial charge is 0.0609 e. The molecule has 2 aromatic rings. The van der Waals surface area contributed by atoms with Crippen molar-refractivity contribution < 1.29 is 0 Å². The summed E-state index contributed by atoms with van der Waals surface area (Å²) in [5, 5.41) is 0. The maximum Gasteiger partial charge on any atom is 0.0177 e. The molecule has 100 valence electrons. The van der Waals surface area contributed by atoms with Gasteiger partial charge in [-0.3, -0.25) is 0 Å². The third-order valence-electron chi connectivity index (χ3n) is 3.21. The lowest BCUT2D eigenvalue weighted by atomic mass is 10.0. The fourth-order valence-corrected chi connectivity index (χ4v) is 3.11. The highest BCUT2D eigenvalue weighted by molar-refractivity contribution is 9.10. The van der Waals surface area contributed by atoms with E-state index in [-0.39, 0.29) is 0 Å². The van der Waals surface area contributed by atoms with Gasteiger partial charge in [0.2, 0.25) is 0 Å². The second kappa shape index (κ2) is 7.86. The molecule has 2 aromatic carbocycles. The molecule has 0 N–H and O–H groups in total. The number of aryl methyl sites for hydroxylation is 2. The van der Waals surface area contributed by atoms with Crippen molar-refractivity contribution in [3.05, 3.63) is 68.6 Å². The lowest BCUT2D eigenvalue weighted by Crippen LogP contribution is -1.89. The molecule has 0 atom stereocenters. The van der Waals surface area contributed by atoms with Crippen molar-refractivity contribution in [2.75, 3.05) is 0 Å². The molecule has 0 aliphatic heterocycles. The standard InChI is InChI=1S/C17H18Br2/c18-16-10-4-8-14(12-16)6-2-1-3-7-15-9-5-11-17(19)13-15/h4-5,8-13H,1-3,6-7H2. The summed E-state index contributed by atoms with van der Waals surface area (Å²) < 4.78 is 2.36. The van der Waals surface area contributed by atoms with Gasteiger partial charge in [0.05, 0.1) is 0 Å². The van der Waals surface area contributed by atoms with E-state index >= 15 is 0 Å². The Morgan fingerprint density at radius 1 is 0.632 bits per heavy atom. The van der Waals surface area contributed by atoms with Crippen LogP contribution in [0.1, 0.15) is 30.4 Å². The summed E-state index contributed by atoms with van der Waals surface area (Å²) in [6, 6.07) is 17.2. The first-order valence-electron chi connectivity index (χ1n) is 6.73. The van der Waals surface area contributed by atoms with Crippen molar-refractivity contribution in [1.82, 2.24) is 0 Å². The molecular formula is C17H18Br2. The van der Waals surface area contributed by atoms with Crippen LogP contribution >= 0.6 is 31.9 Å². The Balaban J connectivity index is 1.67. The highest BCUT2D eigenvalue weighted by atomic mass is 79.9. The molecule has 0 aromatic heterocycles. The normalized spacial score (nSPS) is 10.6. The van der Waals surface area contributed by atoms with Gasteiger partial charge in [0.1, 0.15) is 0 Å². The van der Waals surface area contributed by atoms with Gasteiger partial charge < -0.3 is 0 Å². The smallest absolute Gasteiger partial charge is 0.0177 e. The van der Waals surface area contributed by atoms with Crippen molar-refractivity contribution in [1.29, 1.82) is 0 Å². The summed E-state index contributed by atoms with van der Waals surface area (Å²) in [5.74, 6) is 0. The summed E-state index contributed by atoms with van der Waals surface area (Å²) in [7, 11) is 0. The summed E-state index contributed by atoms with van der Waals surface area (Å²) >= 11 is 7.04. The van der Waals surface area contributed by atoms with Gasteiger partial charge in [-0.2, -0.15) is 0 Å². The molecule has 0 aliphatic rings. The van der Waals surface area contributed by atoms with Crippen molar-refractivity contribution in [2.45, 2.75) is 32.1 Å². The molecule has 0 heterocycles. The van der Waals surface area contributed by atoms with E-state index in [0.29, 0.717) is 0 Å². The predicted octanol–water partition coefficient (Wildman–Crippen LogP) is 6.17. The van der Waals surface area contributed by atoms with E-state index in [4.69, 9.17) is 0 Å². The van der Waals surface area contributed by atoms with Gasteiger partial charge in [-0.15, -0.1) is 0 Å². The Morgan fingerprint density at radius 3 is 1.53 bits per heavy atom. The summed E-state index contributed by atoms with van der Waals surface area (Å²) in [6.07, 6.45) is 6.18. The van der Waals surface area contributed by atoms with Crippen LogP contribution in [-0.2, 0) is 12.8 Å². The van der Waals surface area contributed by atoms with Crippen LogP contribution in [0.5, 0.6) is 0 Å². The Kier molecular flexibility index (Phi) is 6.12. The highest BCUT2D eigenvalue weighted by Crippen LogP contribution is 2.16. The molecule has 0 fully saturated rings. The second-order valence-corrected chi connectivity index (χ2v) is 6.65. The molecule has 0 nitrogen and oxygen atoms in total. The van der Waals surface area contributed by atoms with Gasteiger partial charge in [-0.05, 0) is 61.1 Å². The van der Waals surface area contributed by atoms with E-state index in [1.54, 1.807) is 0 Å². The van der Waals surface area contributed by atoms with Crippen LogP contribution in [0, 0.1) is 0 Å². The van der Waals surface area contributed by atoms with E-state index in [9.17, 15) is 0 Å². The first-order valence-corrected chi connectivity index (χ1v) is 8.31. The van der Waals surface area contributed by atoms with Crippen molar-refractivity contribution in [2.24, 2.45) is 0 Å². The van der Waals surface area contributed by atoms with Gasteiger partial charge in [0.25, 0.3) is 0 Å². The number of halogens is 2. The molecule has 0 saturated carbocycles. The minimum Gasteiger partial charge on any atom is -0.0609 e. The summed E-state index contributed by atoms with van der Waals surface area (Å²) in [5.41, 5.74) is 2.86. The molecule has 19 heavy (non-hydrogen) atoms. The summed E-state index contributed by atoms with van der Waals surface area (Å²) in [6.45, 7) is 0. The fraction of sp³-hybridized carbons (Fsp3) is 0.294. The fourth-order valence-electron chi connectivity index (χ4n) is 2.22. The quantitative estimate of drug-likeness (QED) is 0.525. The number of benzene rings is 2. The van der Waals surface area contributed by atoms with Gasteiger partial charge >= 0.3 is 0 Å². The number of hydrogen-bond acceptors (Lipinski definition) is 0. The third-order valence-corrected chi connectivity index (χ3v) is 4.20. The molecule has 0 radical (unpaired) electrons. The molecule has 0 saturated heterocycles. The van der Waals surface area contributed by atoms with E-state index in [1.807, 2.05) is 0 Å². The minimum atomic E-state index is 1.18. The van der Waals surface area contributed by atoms with Crippen LogP contribution in [-0.4, -0.2) is 0 Å². The molecule has 0 amide bonds. The maximum atomic E-state index is 3.52. The van der Waals surface area contributed by atoms with E-state index in [2.05, 4.69) is 80.4 Å². The lowest BCUT2D eigenvalue weighted by molar-refractivity contribution is 0.678. The molecule has 2 rings (SSSR count). The number of rotatable bonds is 6. The first kappa shape index (κ1) is 14.8. The molecule has 0 spiro atoms. The number of unbranched alkanes of at least 4 members (excludes halogenated alkanes) is 2. The Hall–Kier alpha value is -0.600. The third kappa shape index (κ3) is 5.50. The Morgan fingerprint density at radius 2 is 1.11 bits per heavy atom. The van der Waals surface area contributed by atoms with Crippen LogP contribution in [0.3, 0.4) is 0 Å². The second-order valence-electron chi connectivity index (χ2n) is 4.82.